The topological polar surface area (TPSA) is 51.8 Å². The molecule has 4 nitrogen and oxygen atoms in total. The molecule has 0 saturated carbocycles. The molecule has 3 aromatic rings. The molecule has 0 atom stereocenters. The van der Waals surface area contributed by atoms with Crippen molar-refractivity contribution in [2.45, 2.75) is 20.1 Å². The smallest absolute Gasteiger partial charge is 0.176 e. The van der Waals surface area contributed by atoms with Crippen molar-refractivity contribution in [1.82, 2.24) is 0 Å². The minimum atomic E-state index is 0.0308. The van der Waals surface area contributed by atoms with E-state index in [0.29, 0.717) is 6.61 Å². The van der Waals surface area contributed by atoms with Gasteiger partial charge in [-0.2, -0.15) is 0 Å². The molecule has 1 heterocycles. The largest absolute Gasteiger partial charge is 0.493 e. The molecule has 0 aliphatic carbocycles. The summed E-state index contributed by atoms with van der Waals surface area (Å²) in [6.45, 7) is 2.40. The van der Waals surface area contributed by atoms with Gasteiger partial charge in [-0.25, -0.2) is 0 Å². The van der Waals surface area contributed by atoms with Gasteiger partial charge in [-0.05, 0) is 48.4 Å². The van der Waals surface area contributed by atoms with E-state index in [-0.39, 0.29) is 6.61 Å². The lowest BCUT2D eigenvalue weighted by Crippen LogP contribution is -1.93. The van der Waals surface area contributed by atoms with Crippen LogP contribution in [0.15, 0.2) is 46.9 Å². The molecule has 0 unspecified atom stereocenters. The van der Waals surface area contributed by atoms with Gasteiger partial charge in [0, 0.05) is 5.39 Å². The summed E-state index contributed by atoms with van der Waals surface area (Å²) in [6.07, 6.45) is 0. The van der Waals surface area contributed by atoms with Crippen molar-refractivity contribution < 1.29 is 19.0 Å². The molecule has 2 aromatic carbocycles. The Labute approximate surface area is 128 Å². The van der Waals surface area contributed by atoms with E-state index in [4.69, 9.17) is 19.0 Å². The molecule has 0 amide bonds. The Morgan fingerprint density at radius 2 is 1.86 bits per heavy atom. The predicted molar refractivity (Wildman–Crippen MR) is 84.2 cm³/mol. The molecule has 0 bridgehead atoms. The number of aliphatic hydroxyl groups excluding tert-OH is 1. The van der Waals surface area contributed by atoms with E-state index in [2.05, 4.69) is 6.07 Å². The van der Waals surface area contributed by atoms with Crippen LogP contribution in [0.4, 0.5) is 0 Å². The fraction of sp³-hybridized carbons (Fsp3) is 0.222. The zero-order valence-electron chi connectivity index (χ0n) is 12.6. The maximum atomic E-state index is 9.02. The lowest BCUT2D eigenvalue weighted by Gasteiger charge is -2.04. The first-order chi connectivity index (χ1) is 10.7. The number of rotatable bonds is 5. The molecule has 0 radical (unpaired) electrons. The molecule has 114 valence electrons. The maximum Gasteiger partial charge on any atom is 0.176 e. The van der Waals surface area contributed by atoms with Crippen LogP contribution in [-0.4, -0.2) is 12.2 Å². The van der Waals surface area contributed by atoms with Crippen molar-refractivity contribution >= 4 is 11.0 Å². The van der Waals surface area contributed by atoms with E-state index < -0.39 is 0 Å². The van der Waals surface area contributed by atoms with Crippen molar-refractivity contribution in [3.63, 3.8) is 0 Å². The summed E-state index contributed by atoms with van der Waals surface area (Å²) >= 11 is 0. The quantitative estimate of drug-likeness (QED) is 0.778. The molecule has 0 aliphatic heterocycles. The SMILES string of the molecule is COc1cc(C)cc2cc(COc3ccc(CO)cc3)oc12. The number of methoxy groups -OCH3 is 1. The summed E-state index contributed by atoms with van der Waals surface area (Å²) in [4.78, 5) is 0. The Morgan fingerprint density at radius 1 is 1.09 bits per heavy atom. The van der Waals surface area contributed by atoms with E-state index in [1.165, 1.54) is 0 Å². The van der Waals surface area contributed by atoms with Gasteiger partial charge < -0.3 is 19.0 Å². The summed E-state index contributed by atoms with van der Waals surface area (Å²) in [7, 11) is 1.63. The molecular weight excluding hydrogens is 280 g/mol. The normalized spacial score (nSPS) is 10.9. The van der Waals surface area contributed by atoms with E-state index in [1.54, 1.807) is 7.11 Å². The minimum Gasteiger partial charge on any atom is -0.493 e. The number of fused-ring (bicyclic) bond motifs is 1. The predicted octanol–water partition coefficient (Wildman–Crippen LogP) is 3.82. The van der Waals surface area contributed by atoms with Crippen LogP contribution in [0.1, 0.15) is 16.9 Å². The van der Waals surface area contributed by atoms with Crippen LogP contribution < -0.4 is 9.47 Å². The van der Waals surface area contributed by atoms with E-state index in [9.17, 15) is 0 Å². The number of benzene rings is 2. The molecule has 4 heteroatoms. The summed E-state index contributed by atoms with van der Waals surface area (Å²) < 4.78 is 16.9. The molecule has 0 saturated heterocycles. The second-order valence-corrected chi connectivity index (χ2v) is 5.19. The first kappa shape index (κ1) is 14.5. The average molecular weight is 298 g/mol. The monoisotopic (exact) mass is 298 g/mol. The lowest BCUT2D eigenvalue weighted by atomic mass is 10.1. The Bertz CT molecular complexity index is 772. The molecule has 1 aromatic heterocycles. The van der Waals surface area contributed by atoms with Crippen LogP contribution in [0.3, 0.4) is 0 Å². The van der Waals surface area contributed by atoms with Crippen LogP contribution in [0.2, 0.25) is 0 Å². The third kappa shape index (κ3) is 2.92. The number of aliphatic hydroxyl groups is 1. The van der Waals surface area contributed by atoms with Gasteiger partial charge in [-0.1, -0.05) is 12.1 Å². The van der Waals surface area contributed by atoms with Gasteiger partial charge in [-0.15, -0.1) is 0 Å². The highest BCUT2D eigenvalue weighted by molar-refractivity contribution is 5.84. The van der Waals surface area contributed by atoms with Gasteiger partial charge in [-0.3, -0.25) is 0 Å². The summed E-state index contributed by atoms with van der Waals surface area (Å²) in [6, 6.07) is 13.3. The maximum absolute atomic E-state index is 9.02. The summed E-state index contributed by atoms with van der Waals surface area (Å²) in [5.74, 6) is 2.21. The second kappa shape index (κ2) is 6.12. The van der Waals surface area contributed by atoms with Gasteiger partial charge in [0.25, 0.3) is 0 Å². The first-order valence-electron chi connectivity index (χ1n) is 7.09. The number of aryl methyl sites for hydroxylation is 1. The third-order valence-electron chi connectivity index (χ3n) is 3.48. The average Bonchev–Trinajstić information content (AvgIpc) is 2.95. The number of ether oxygens (including phenoxy) is 2. The Hall–Kier alpha value is -2.46. The van der Waals surface area contributed by atoms with Crippen molar-refractivity contribution in [1.29, 1.82) is 0 Å². The highest BCUT2D eigenvalue weighted by Crippen LogP contribution is 2.30. The molecule has 22 heavy (non-hydrogen) atoms. The molecule has 0 spiro atoms. The van der Waals surface area contributed by atoms with Crippen molar-refractivity contribution in [2.24, 2.45) is 0 Å². The molecule has 0 fully saturated rings. The van der Waals surface area contributed by atoms with Gasteiger partial charge in [0.2, 0.25) is 0 Å². The molecule has 3 rings (SSSR count). The van der Waals surface area contributed by atoms with Crippen LogP contribution >= 0.6 is 0 Å². The van der Waals surface area contributed by atoms with Crippen molar-refractivity contribution in [2.75, 3.05) is 7.11 Å². The van der Waals surface area contributed by atoms with Gasteiger partial charge in [0.05, 0.1) is 13.7 Å². The standard InChI is InChI=1S/C18H18O4/c1-12-7-14-9-16(22-18(14)17(8-12)20-2)11-21-15-5-3-13(10-19)4-6-15/h3-9,19H,10-11H2,1-2H3. The summed E-state index contributed by atoms with van der Waals surface area (Å²) in [5.41, 5.74) is 2.72. The fourth-order valence-electron chi connectivity index (χ4n) is 2.39. The van der Waals surface area contributed by atoms with Gasteiger partial charge in [0.1, 0.15) is 18.1 Å². The Kier molecular flexibility index (Phi) is 4.02. The Balaban J connectivity index is 1.78. The van der Waals surface area contributed by atoms with E-state index in [1.807, 2.05) is 43.3 Å². The van der Waals surface area contributed by atoms with E-state index in [0.717, 1.165) is 39.4 Å². The lowest BCUT2D eigenvalue weighted by molar-refractivity contribution is 0.271. The van der Waals surface area contributed by atoms with Gasteiger partial charge >= 0.3 is 0 Å². The van der Waals surface area contributed by atoms with E-state index >= 15 is 0 Å². The Morgan fingerprint density at radius 3 is 2.55 bits per heavy atom. The number of furan rings is 1. The number of hydrogen-bond acceptors (Lipinski definition) is 4. The second-order valence-electron chi connectivity index (χ2n) is 5.19. The molecule has 1 N–H and O–H groups in total. The summed E-state index contributed by atoms with van der Waals surface area (Å²) in [5, 5.41) is 10.0. The van der Waals surface area contributed by atoms with Crippen LogP contribution in [-0.2, 0) is 13.2 Å². The highest BCUT2D eigenvalue weighted by atomic mass is 16.5. The zero-order valence-corrected chi connectivity index (χ0v) is 12.6. The zero-order chi connectivity index (χ0) is 15.5. The van der Waals surface area contributed by atoms with Crippen LogP contribution in [0, 0.1) is 6.92 Å². The van der Waals surface area contributed by atoms with Gasteiger partial charge in [0.15, 0.2) is 11.3 Å². The minimum absolute atomic E-state index is 0.0308. The highest BCUT2D eigenvalue weighted by Gasteiger charge is 2.10. The third-order valence-corrected chi connectivity index (χ3v) is 3.48. The first-order valence-corrected chi connectivity index (χ1v) is 7.09. The number of hydrogen-bond donors (Lipinski definition) is 1. The van der Waals surface area contributed by atoms with Crippen molar-refractivity contribution in [3.8, 4) is 11.5 Å². The van der Waals surface area contributed by atoms with Crippen molar-refractivity contribution in [3.05, 3.63) is 59.4 Å². The van der Waals surface area contributed by atoms with Crippen LogP contribution in [0.25, 0.3) is 11.0 Å². The molecular formula is C18H18O4. The molecule has 0 aliphatic rings. The fourth-order valence-corrected chi connectivity index (χ4v) is 2.39. The van der Waals surface area contributed by atoms with Crippen LogP contribution in [0.5, 0.6) is 11.5 Å².